The van der Waals surface area contributed by atoms with Crippen LogP contribution in [-0.2, 0) is 5.41 Å². The van der Waals surface area contributed by atoms with Crippen molar-refractivity contribution < 1.29 is 0 Å². The summed E-state index contributed by atoms with van der Waals surface area (Å²) in [5.74, 6) is 0. The van der Waals surface area contributed by atoms with Crippen LogP contribution in [0.15, 0.2) is 155 Å². The molecule has 0 N–H and O–H groups in total. The van der Waals surface area contributed by atoms with Crippen molar-refractivity contribution in [2.75, 3.05) is 4.90 Å². The maximum absolute atomic E-state index is 2.39. The molecule has 0 saturated heterocycles. The van der Waals surface area contributed by atoms with Crippen molar-refractivity contribution in [2.45, 2.75) is 29.1 Å². The van der Waals surface area contributed by atoms with E-state index in [4.69, 9.17) is 0 Å². The Kier molecular flexibility index (Phi) is 5.77. The van der Waals surface area contributed by atoms with E-state index >= 15 is 0 Å². The smallest absolute Gasteiger partial charge is 0.0542 e. The quantitative estimate of drug-likeness (QED) is 0.212. The van der Waals surface area contributed by atoms with Gasteiger partial charge in [0.1, 0.15) is 0 Å². The Morgan fingerprint density at radius 1 is 0.500 bits per heavy atom. The van der Waals surface area contributed by atoms with Crippen LogP contribution in [0.4, 0.5) is 17.1 Å². The topological polar surface area (TPSA) is 8.17 Å². The van der Waals surface area contributed by atoms with Gasteiger partial charge in [0, 0.05) is 48.7 Å². The van der Waals surface area contributed by atoms with Gasteiger partial charge in [0.2, 0.25) is 0 Å². The van der Waals surface area contributed by atoms with Gasteiger partial charge in [-0.3, -0.25) is 0 Å². The number of aromatic nitrogens is 1. The normalized spacial score (nSPS) is 13.6. The standard InChI is InChI=1S/C39H30N2S/c1-39(2)33-18-10-12-20-37(33)42-38-26-30(21-23-34(38)39)40(27-13-5-3-6-14-27)29-22-24-36-32(25-29)31-17-9-11-19-35(31)41(36)28-15-7-4-8-16-28/h3-26H,1-2H3. The first-order valence-electron chi connectivity index (χ1n) is 14.5. The molecule has 42 heavy (non-hydrogen) atoms. The molecule has 1 aliphatic rings. The van der Waals surface area contributed by atoms with Gasteiger partial charge >= 0.3 is 0 Å². The fourth-order valence-corrected chi connectivity index (χ4v) is 8.00. The third-order valence-corrected chi connectivity index (χ3v) is 9.75. The highest BCUT2D eigenvalue weighted by molar-refractivity contribution is 7.99. The lowest BCUT2D eigenvalue weighted by atomic mass is 9.77. The van der Waals surface area contributed by atoms with E-state index in [1.807, 2.05) is 11.8 Å². The maximum Gasteiger partial charge on any atom is 0.0542 e. The maximum atomic E-state index is 2.39. The van der Waals surface area contributed by atoms with Gasteiger partial charge in [-0.2, -0.15) is 0 Å². The van der Waals surface area contributed by atoms with Crippen LogP contribution in [0.5, 0.6) is 0 Å². The minimum Gasteiger partial charge on any atom is -0.310 e. The third kappa shape index (κ3) is 3.88. The number of hydrogen-bond acceptors (Lipinski definition) is 2. The number of para-hydroxylation sites is 3. The van der Waals surface area contributed by atoms with Gasteiger partial charge < -0.3 is 9.47 Å². The van der Waals surface area contributed by atoms with Crippen molar-refractivity contribution in [1.82, 2.24) is 4.57 Å². The molecule has 202 valence electrons. The zero-order valence-corrected chi connectivity index (χ0v) is 24.5. The second-order valence-corrected chi connectivity index (χ2v) is 12.5. The molecule has 1 aliphatic heterocycles. The highest BCUT2D eigenvalue weighted by Gasteiger charge is 2.33. The molecule has 1 aromatic heterocycles. The van der Waals surface area contributed by atoms with Crippen LogP contribution >= 0.6 is 11.8 Å². The summed E-state index contributed by atoms with van der Waals surface area (Å²) in [6.07, 6.45) is 0. The van der Waals surface area contributed by atoms with Gasteiger partial charge in [0.15, 0.2) is 0 Å². The molecule has 6 aromatic carbocycles. The summed E-state index contributed by atoms with van der Waals surface area (Å²) in [6.45, 7) is 4.69. The van der Waals surface area contributed by atoms with Crippen LogP contribution in [-0.4, -0.2) is 4.57 Å². The largest absolute Gasteiger partial charge is 0.310 e. The van der Waals surface area contributed by atoms with Gasteiger partial charge in [0.05, 0.1) is 11.0 Å². The number of nitrogens with zero attached hydrogens (tertiary/aromatic N) is 2. The van der Waals surface area contributed by atoms with Gasteiger partial charge in [-0.05, 0) is 77.9 Å². The number of benzene rings is 6. The SMILES string of the molecule is CC1(C)c2ccccc2Sc2cc(N(c3ccccc3)c3ccc4c(c3)c3ccccc3n4-c3ccccc3)ccc21. The Morgan fingerprint density at radius 3 is 1.95 bits per heavy atom. The van der Waals surface area contributed by atoms with Crippen LogP contribution in [0.3, 0.4) is 0 Å². The van der Waals surface area contributed by atoms with Gasteiger partial charge in [-0.1, -0.05) is 104 Å². The second-order valence-electron chi connectivity index (χ2n) is 11.5. The average Bonchev–Trinajstić information content (AvgIpc) is 3.36. The number of fused-ring (bicyclic) bond motifs is 5. The molecule has 0 spiro atoms. The van der Waals surface area contributed by atoms with E-state index in [0.29, 0.717) is 0 Å². The molecule has 3 heteroatoms. The molecule has 0 fully saturated rings. The van der Waals surface area contributed by atoms with Crippen molar-refractivity contribution in [1.29, 1.82) is 0 Å². The highest BCUT2D eigenvalue weighted by atomic mass is 32.2. The highest BCUT2D eigenvalue weighted by Crippen LogP contribution is 2.51. The van der Waals surface area contributed by atoms with E-state index < -0.39 is 0 Å². The Bertz CT molecular complexity index is 2090. The monoisotopic (exact) mass is 558 g/mol. The van der Waals surface area contributed by atoms with Gasteiger partial charge in [-0.15, -0.1) is 0 Å². The summed E-state index contributed by atoms with van der Waals surface area (Å²) in [7, 11) is 0. The predicted molar refractivity (Wildman–Crippen MR) is 178 cm³/mol. The van der Waals surface area contributed by atoms with E-state index in [2.05, 4.69) is 169 Å². The Morgan fingerprint density at radius 2 is 1.12 bits per heavy atom. The molecule has 2 heterocycles. The summed E-state index contributed by atoms with van der Waals surface area (Å²) >= 11 is 1.88. The first-order chi connectivity index (χ1) is 20.6. The third-order valence-electron chi connectivity index (χ3n) is 8.62. The van der Waals surface area contributed by atoms with Crippen molar-refractivity contribution in [3.63, 3.8) is 0 Å². The summed E-state index contributed by atoms with van der Waals surface area (Å²) in [5, 5.41) is 2.50. The lowest BCUT2D eigenvalue weighted by Crippen LogP contribution is -2.24. The molecule has 0 unspecified atom stereocenters. The first kappa shape index (κ1) is 25.0. The lowest BCUT2D eigenvalue weighted by Gasteiger charge is -2.35. The van der Waals surface area contributed by atoms with E-state index in [9.17, 15) is 0 Å². The molecule has 0 atom stereocenters. The molecule has 0 saturated carbocycles. The minimum atomic E-state index is -0.0501. The average molecular weight is 559 g/mol. The van der Waals surface area contributed by atoms with Crippen LogP contribution < -0.4 is 4.90 Å². The summed E-state index contributed by atoms with van der Waals surface area (Å²) < 4.78 is 2.37. The zero-order valence-electron chi connectivity index (χ0n) is 23.7. The molecule has 0 amide bonds. The Labute approximate surface area is 250 Å². The fourth-order valence-electron chi connectivity index (χ4n) is 6.57. The molecule has 0 aliphatic carbocycles. The number of hydrogen-bond donors (Lipinski definition) is 0. The summed E-state index contributed by atoms with van der Waals surface area (Å²) in [4.78, 5) is 5.05. The number of anilines is 3. The Hall–Kier alpha value is -4.73. The Balaban J connectivity index is 1.32. The van der Waals surface area contributed by atoms with E-state index in [1.165, 1.54) is 48.4 Å². The second kappa shape index (κ2) is 9.68. The van der Waals surface area contributed by atoms with Crippen LogP contribution in [0, 0.1) is 0 Å². The van der Waals surface area contributed by atoms with E-state index in [-0.39, 0.29) is 5.41 Å². The van der Waals surface area contributed by atoms with E-state index in [1.54, 1.807) is 0 Å². The zero-order chi connectivity index (χ0) is 28.3. The molecule has 2 nitrogen and oxygen atoms in total. The first-order valence-corrected chi connectivity index (χ1v) is 15.3. The molecular weight excluding hydrogens is 529 g/mol. The predicted octanol–water partition coefficient (Wildman–Crippen LogP) is 11.0. The van der Waals surface area contributed by atoms with Gasteiger partial charge in [0.25, 0.3) is 0 Å². The minimum absolute atomic E-state index is 0.0501. The van der Waals surface area contributed by atoms with Crippen molar-refractivity contribution >= 4 is 50.6 Å². The van der Waals surface area contributed by atoms with Crippen LogP contribution in [0.2, 0.25) is 0 Å². The lowest BCUT2D eigenvalue weighted by molar-refractivity contribution is 0.607. The van der Waals surface area contributed by atoms with E-state index in [0.717, 1.165) is 17.1 Å². The summed E-state index contributed by atoms with van der Waals surface area (Å²) in [5.41, 5.74) is 9.77. The van der Waals surface area contributed by atoms with Crippen molar-refractivity contribution in [2.24, 2.45) is 0 Å². The van der Waals surface area contributed by atoms with Crippen LogP contribution in [0.1, 0.15) is 25.0 Å². The summed E-state index contributed by atoms with van der Waals surface area (Å²) in [6, 6.07) is 52.8. The fraction of sp³-hybridized carbons (Fsp3) is 0.0769. The number of rotatable bonds is 4. The van der Waals surface area contributed by atoms with Crippen molar-refractivity contribution in [3.8, 4) is 5.69 Å². The molecule has 8 rings (SSSR count). The molecular formula is C39H30N2S. The molecule has 7 aromatic rings. The van der Waals surface area contributed by atoms with Crippen molar-refractivity contribution in [3.05, 3.63) is 157 Å². The molecule has 0 bridgehead atoms. The molecule has 0 radical (unpaired) electrons. The van der Waals surface area contributed by atoms with Gasteiger partial charge in [-0.25, -0.2) is 0 Å². The van der Waals surface area contributed by atoms with Crippen LogP contribution in [0.25, 0.3) is 27.5 Å².